The molecule has 4 heteroatoms. The van der Waals surface area contributed by atoms with Crippen LogP contribution in [0.1, 0.15) is 49.8 Å². The predicted octanol–water partition coefficient (Wildman–Crippen LogP) is 5.29. The van der Waals surface area contributed by atoms with Crippen molar-refractivity contribution in [1.82, 2.24) is 15.5 Å². The molecule has 1 aliphatic heterocycles. The van der Waals surface area contributed by atoms with Gasteiger partial charge in [0.2, 0.25) is 0 Å². The minimum absolute atomic E-state index is 0.490. The summed E-state index contributed by atoms with van der Waals surface area (Å²) in [6.07, 6.45) is 7.37. The normalized spacial score (nSPS) is 15.6. The van der Waals surface area contributed by atoms with Gasteiger partial charge in [0.05, 0.1) is 0 Å². The third-order valence-electron chi connectivity index (χ3n) is 6.62. The molecule has 0 spiro atoms. The van der Waals surface area contributed by atoms with Crippen molar-refractivity contribution < 1.29 is 0 Å². The van der Waals surface area contributed by atoms with E-state index in [9.17, 15) is 0 Å². The second kappa shape index (κ2) is 15.4. The zero-order valence-corrected chi connectivity index (χ0v) is 22.7. The fourth-order valence-corrected chi connectivity index (χ4v) is 4.20. The summed E-state index contributed by atoms with van der Waals surface area (Å²) in [7, 11) is 1.84. The van der Waals surface area contributed by atoms with Gasteiger partial charge in [-0.15, -0.1) is 0 Å². The topological polar surface area (TPSA) is 39.7 Å². The third kappa shape index (κ3) is 10.3. The molecule has 0 bridgehead atoms. The molecule has 0 aliphatic carbocycles. The standard InChI is InChI=1S/C31H46N4/c1-8-29(22-30(32-7)23-33-17-14-24(2)3)27(6)34-18-21-35-19-15-28(16-20-35)12-13-31-25(4)10-9-11-26(31)5/h8-11,22,24,28,33-34H,1,6,14-21,23H2,2-5,7H3/b29-22+,32-30?. The quantitative estimate of drug-likeness (QED) is 0.187. The Morgan fingerprint density at radius 1 is 1.20 bits per heavy atom. The summed E-state index contributed by atoms with van der Waals surface area (Å²) in [6.45, 7) is 22.8. The zero-order valence-electron chi connectivity index (χ0n) is 22.7. The molecule has 35 heavy (non-hydrogen) atoms. The maximum Gasteiger partial charge on any atom is 0.0489 e. The average Bonchev–Trinajstić information content (AvgIpc) is 2.84. The van der Waals surface area contributed by atoms with Crippen LogP contribution < -0.4 is 10.6 Å². The van der Waals surface area contributed by atoms with E-state index >= 15 is 0 Å². The predicted molar refractivity (Wildman–Crippen MR) is 153 cm³/mol. The van der Waals surface area contributed by atoms with Gasteiger partial charge in [-0.3, -0.25) is 4.99 Å². The number of likely N-dealkylation sites (tertiary alicyclic amines) is 1. The molecule has 1 aliphatic rings. The lowest BCUT2D eigenvalue weighted by Crippen LogP contribution is -2.38. The van der Waals surface area contributed by atoms with Crippen molar-refractivity contribution in [2.75, 3.05) is 46.3 Å². The van der Waals surface area contributed by atoms with Gasteiger partial charge in [-0.25, -0.2) is 0 Å². The van der Waals surface area contributed by atoms with Crippen LogP contribution in [-0.4, -0.2) is 56.9 Å². The van der Waals surface area contributed by atoms with Gasteiger partial charge in [0, 0.05) is 49.6 Å². The lowest BCUT2D eigenvalue weighted by Gasteiger charge is -2.30. The molecule has 1 saturated heterocycles. The summed E-state index contributed by atoms with van der Waals surface area (Å²) < 4.78 is 0. The van der Waals surface area contributed by atoms with Crippen molar-refractivity contribution in [3.63, 3.8) is 0 Å². The molecule has 0 atom stereocenters. The Balaban J connectivity index is 1.75. The van der Waals surface area contributed by atoms with E-state index in [0.29, 0.717) is 11.8 Å². The Hall–Kier alpha value is -2.61. The highest BCUT2D eigenvalue weighted by Crippen LogP contribution is 2.18. The SMILES string of the molecule is C=C/C(=C\C(CNCCC(C)C)=NC)C(=C)NCCN1CCC(C#Cc2c(C)cccc2C)CC1. The summed E-state index contributed by atoms with van der Waals surface area (Å²) in [6, 6.07) is 6.40. The summed E-state index contributed by atoms with van der Waals surface area (Å²) in [5.41, 5.74) is 6.65. The highest BCUT2D eigenvalue weighted by atomic mass is 15.1. The van der Waals surface area contributed by atoms with E-state index < -0.39 is 0 Å². The minimum Gasteiger partial charge on any atom is -0.384 e. The maximum atomic E-state index is 4.42. The van der Waals surface area contributed by atoms with Crippen molar-refractivity contribution in [1.29, 1.82) is 0 Å². The highest BCUT2D eigenvalue weighted by Gasteiger charge is 2.17. The summed E-state index contributed by atoms with van der Waals surface area (Å²) in [4.78, 5) is 6.94. The van der Waals surface area contributed by atoms with Crippen LogP contribution in [0.15, 0.2) is 59.8 Å². The van der Waals surface area contributed by atoms with Crippen molar-refractivity contribution in [3.05, 3.63) is 71.5 Å². The van der Waals surface area contributed by atoms with Crippen LogP contribution in [0.3, 0.4) is 0 Å². The Kier molecular flexibility index (Phi) is 12.6. The third-order valence-corrected chi connectivity index (χ3v) is 6.62. The Labute approximate surface area is 214 Å². The number of allylic oxidation sites excluding steroid dienone is 1. The molecule has 1 aromatic rings. The monoisotopic (exact) mass is 474 g/mol. The van der Waals surface area contributed by atoms with Gasteiger partial charge in [-0.05, 0) is 81.4 Å². The molecule has 0 aromatic heterocycles. The van der Waals surface area contributed by atoms with Gasteiger partial charge in [0.1, 0.15) is 0 Å². The highest BCUT2D eigenvalue weighted by molar-refractivity contribution is 5.98. The number of aryl methyl sites for hydroxylation is 2. The number of aliphatic imine (C=N–C) groups is 1. The second-order valence-corrected chi connectivity index (χ2v) is 9.94. The van der Waals surface area contributed by atoms with Crippen LogP contribution in [0, 0.1) is 37.5 Å². The Morgan fingerprint density at radius 2 is 1.89 bits per heavy atom. The number of rotatable bonds is 12. The first-order chi connectivity index (χ1) is 16.8. The average molecular weight is 475 g/mol. The molecule has 1 fully saturated rings. The van der Waals surface area contributed by atoms with E-state index in [1.165, 1.54) is 23.1 Å². The largest absolute Gasteiger partial charge is 0.384 e. The van der Waals surface area contributed by atoms with Crippen LogP contribution in [0.5, 0.6) is 0 Å². The van der Waals surface area contributed by atoms with E-state index in [2.05, 4.69) is 97.5 Å². The Morgan fingerprint density at radius 3 is 2.49 bits per heavy atom. The number of benzene rings is 1. The van der Waals surface area contributed by atoms with E-state index in [-0.39, 0.29) is 0 Å². The van der Waals surface area contributed by atoms with Crippen LogP contribution in [0.4, 0.5) is 0 Å². The van der Waals surface area contributed by atoms with Gasteiger partial charge in [0.15, 0.2) is 0 Å². The smallest absolute Gasteiger partial charge is 0.0489 e. The summed E-state index contributed by atoms with van der Waals surface area (Å²) >= 11 is 0. The van der Waals surface area contributed by atoms with Gasteiger partial charge in [0.25, 0.3) is 0 Å². The minimum atomic E-state index is 0.490. The molecule has 2 rings (SSSR count). The van der Waals surface area contributed by atoms with Gasteiger partial charge < -0.3 is 15.5 Å². The van der Waals surface area contributed by atoms with Gasteiger partial charge >= 0.3 is 0 Å². The molecule has 4 nitrogen and oxygen atoms in total. The zero-order chi connectivity index (χ0) is 25.6. The fourth-order valence-electron chi connectivity index (χ4n) is 4.20. The molecular formula is C31H46N4. The van der Waals surface area contributed by atoms with Gasteiger partial charge in [-0.2, -0.15) is 0 Å². The maximum absolute atomic E-state index is 4.42. The molecule has 0 unspecified atom stereocenters. The molecule has 2 N–H and O–H groups in total. The Bertz CT molecular complexity index is 930. The van der Waals surface area contributed by atoms with E-state index in [0.717, 1.165) is 69.1 Å². The van der Waals surface area contributed by atoms with Crippen molar-refractivity contribution >= 4 is 5.71 Å². The number of hydrogen-bond acceptors (Lipinski definition) is 4. The first kappa shape index (κ1) is 28.6. The molecule has 1 heterocycles. The molecule has 190 valence electrons. The number of nitrogens with zero attached hydrogens (tertiary/aromatic N) is 2. The number of hydrogen-bond donors (Lipinski definition) is 2. The van der Waals surface area contributed by atoms with E-state index in [4.69, 9.17) is 0 Å². The lowest BCUT2D eigenvalue weighted by molar-refractivity contribution is 0.208. The lowest BCUT2D eigenvalue weighted by atomic mass is 9.96. The summed E-state index contributed by atoms with van der Waals surface area (Å²) in [5, 5.41) is 6.96. The van der Waals surface area contributed by atoms with Crippen molar-refractivity contribution in [2.45, 2.75) is 47.0 Å². The summed E-state index contributed by atoms with van der Waals surface area (Å²) in [5.74, 6) is 8.20. The van der Waals surface area contributed by atoms with Crippen molar-refractivity contribution in [3.8, 4) is 11.8 Å². The van der Waals surface area contributed by atoms with Crippen molar-refractivity contribution in [2.24, 2.45) is 16.8 Å². The van der Waals surface area contributed by atoms with Crippen LogP contribution >= 0.6 is 0 Å². The molecule has 0 saturated carbocycles. The number of nitrogens with one attached hydrogen (secondary N) is 2. The van der Waals surface area contributed by atoms with E-state index in [1.807, 2.05) is 13.1 Å². The fraction of sp³-hybridized carbons (Fsp3) is 0.516. The van der Waals surface area contributed by atoms with Crippen LogP contribution in [-0.2, 0) is 0 Å². The number of piperidine rings is 1. The second-order valence-electron chi connectivity index (χ2n) is 9.94. The molecular weight excluding hydrogens is 428 g/mol. The van der Waals surface area contributed by atoms with Crippen LogP contribution in [0.2, 0.25) is 0 Å². The molecule has 0 radical (unpaired) electrons. The van der Waals surface area contributed by atoms with E-state index in [1.54, 1.807) is 0 Å². The van der Waals surface area contributed by atoms with Gasteiger partial charge in [-0.1, -0.05) is 63.1 Å². The van der Waals surface area contributed by atoms with Crippen LogP contribution in [0.25, 0.3) is 0 Å². The first-order valence-electron chi connectivity index (χ1n) is 13.1. The first-order valence-corrected chi connectivity index (χ1v) is 13.1. The molecule has 0 amide bonds. The molecule has 1 aromatic carbocycles.